The number of benzene rings is 4. The molecule has 2 N–H and O–H groups in total. The minimum absolute atomic E-state index is 0.107. The van der Waals surface area contributed by atoms with Crippen LogP contribution >= 0.6 is 0 Å². The predicted octanol–water partition coefficient (Wildman–Crippen LogP) is 11.8. The number of hydrogen-bond donors (Lipinski definition) is 2. The summed E-state index contributed by atoms with van der Waals surface area (Å²) in [5, 5.41) is 5.86. The van der Waals surface area contributed by atoms with Crippen molar-refractivity contribution in [3.05, 3.63) is 213 Å². The van der Waals surface area contributed by atoms with E-state index in [0.29, 0.717) is 52.5 Å². The number of rotatable bonds is 20. The van der Waals surface area contributed by atoms with Crippen LogP contribution in [0.4, 0.5) is 11.4 Å². The molecule has 4 heterocycles. The first kappa shape index (κ1) is 57.5. The summed E-state index contributed by atoms with van der Waals surface area (Å²) in [5.41, 5.74) is 13.1. The Morgan fingerprint density at radius 2 is 0.738 bits per heavy atom. The first-order valence-electron chi connectivity index (χ1n) is 25.0. The molecule has 0 unspecified atom stereocenters. The van der Waals surface area contributed by atoms with Gasteiger partial charge < -0.3 is 29.6 Å². The largest absolute Gasteiger partial charge is 0.496 e. The number of Topliss-reactive ketones (excluding diaryl/α,β-unsaturated/α-hetero) is 2. The van der Waals surface area contributed by atoms with Gasteiger partial charge in [0, 0.05) is 84.4 Å². The number of aromatic nitrogens is 4. The number of ether oxygens (including phenoxy) is 4. The quantitative estimate of drug-likeness (QED) is 0.0536. The topological polar surface area (TPSA) is 215 Å². The zero-order valence-corrected chi connectivity index (χ0v) is 45.6. The SMILES string of the molecule is C=Cc1cnc(C(=O)Cc2cccc(-c3cccc(NC(=O)c4cc(OC)c(C=C)cn4)c3C)c2C)cc1OC.COc1cc(C(=O)Cc2cccc(-c3cccc(NC(=O)c4cc(OC)c(C=O)cn4)c3C)c2C)ncc1C=O. The summed E-state index contributed by atoms with van der Waals surface area (Å²) < 4.78 is 21.1. The zero-order valence-electron chi connectivity index (χ0n) is 45.6. The van der Waals surface area contributed by atoms with Gasteiger partial charge in [0.05, 0.1) is 39.6 Å². The van der Waals surface area contributed by atoms with Crippen LogP contribution in [0, 0.1) is 27.7 Å². The number of nitrogens with zero attached hydrogens (tertiary/aromatic N) is 4. The molecule has 2 amide bonds. The number of aldehydes is 2. The monoisotopic (exact) mass is 1070 g/mol. The molecule has 16 nitrogen and oxygen atoms in total. The summed E-state index contributed by atoms with van der Waals surface area (Å²) in [6, 6.07) is 29.0. The molecular weight excluding hydrogens is 1010 g/mol. The van der Waals surface area contributed by atoms with Gasteiger partial charge in [-0.1, -0.05) is 86.0 Å². The first-order chi connectivity index (χ1) is 38.6. The van der Waals surface area contributed by atoms with Gasteiger partial charge in [-0.05, 0) is 95.5 Å². The number of carbonyl (C=O) groups is 6. The number of methoxy groups -OCH3 is 4. The van der Waals surface area contributed by atoms with Crippen LogP contribution < -0.4 is 29.6 Å². The Balaban J connectivity index is 0.000000231. The van der Waals surface area contributed by atoms with Crippen molar-refractivity contribution >= 4 is 59.5 Å². The molecule has 80 heavy (non-hydrogen) atoms. The summed E-state index contributed by atoms with van der Waals surface area (Å²) in [7, 11) is 5.93. The van der Waals surface area contributed by atoms with Crippen molar-refractivity contribution in [3.63, 3.8) is 0 Å². The minimum atomic E-state index is -0.449. The Kier molecular flexibility index (Phi) is 18.8. The van der Waals surface area contributed by atoms with Gasteiger partial charge in [0.1, 0.15) is 45.8 Å². The zero-order chi connectivity index (χ0) is 57.6. The molecule has 0 aliphatic rings. The van der Waals surface area contributed by atoms with Crippen LogP contribution in [0.3, 0.4) is 0 Å². The molecule has 0 atom stereocenters. The molecule has 0 bridgehead atoms. The van der Waals surface area contributed by atoms with Crippen molar-refractivity contribution in [2.45, 2.75) is 40.5 Å². The van der Waals surface area contributed by atoms with Gasteiger partial charge in [0.2, 0.25) is 0 Å². The number of amides is 2. The van der Waals surface area contributed by atoms with E-state index < -0.39 is 5.91 Å². The van der Waals surface area contributed by atoms with Crippen molar-refractivity contribution < 1.29 is 47.7 Å². The van der Waals surface area contributed by atoms with Gasteiger partial charge in [-0.3, -0.25) is 48.7 Å². The molecule has 8 aromatic rings. The third-order valence-corrected chi connectivity index (χ3v) is 13.5. The Labute approximate surface area is 463 Å². The van der Waals surface area contributed by atoms with Gasteiger partial charge in [-0.2, -0.15) is 0 Å². The highest BCUT2D eigenvalue weighted by Gasteiger charge is 2.21. The lowest BCUT2D eigenvalue weighted by molar-refractivity contribution is 0.0979. The van der Waals surface area contributed by atoms with Gasteiger partial charge in [-0.15, -0.1) is 0 Å². The van der Waals surface area contributed by atoms with E-state index in [9.17, 15) is 28.8 Å². The van der Waals surface area contributed by atoms with Crippen LogP contribution in [0.1, 0.15) is 107 Å². The Morgan fingerprint density at radius 1 is 0.438 bits per heavy atom. The van der Waals surface area contributed by atoms with Crippen molar-refractivity contribution in [1.82, 2.24) is 19.9 Å². The van der Waals surface area contributed by atoms with E-state index in [2.05, 4.69) is 43.7 Å². The summed E-state index contributed by atoms with van der Waals surface area (Å²) in [6.07, 6.45) is 10.6. The lowest BCUT2D eigenvalue weighted by Gasteiger charge is -2.16. The molecule has 0 saturated carbocycles. The molecule has 0 fully saturated rings. The highest BCUT2D eigenvalue weighted by Crippen LogP contribution is 2.35. The van der Waals surface area contributed by atoms with E-state index in [-0.39, 0.29) is 64.3 Å². The summed E-state index contributed by atoms with van der Waals surface area (Å²) in [6.45, 7) is 15.3. The Hall–Kier alpha value is -10.2. The number of anilines is 2. The van der Waals surface area contributed by atoms with Crippen LogP contribution in [-0.2, 0) is 12.8 Å². The number of carbonyl (C=O) groups excluding carboxylic acids is 6. The molecule has 0 aliphatic carbocycles. The predicted molar refractivity (Wildman–Crippen MR) is 309 cm³/mol. The average Bonchev–Trinajstić information content (AvgIpc) is 3.50. The second kappa shape index (κ2) is 26.2. The fourth-order valence-electron chi connectivity index (χ4n) is 8.89. The molecule has 0 radical (unpaired) electrons. The molecule has 404 valence electrons. The second-order valence-corrected chi connectivity index (χ2v) is 18.1. The summed E-state index contributed by atoms with van der Waals surface area (Å²) in [4.78, 5) is 91.3. The van der Waals surface area contributed by atoms with Crippen molar-refractivity contribution in [1.29, 1.82) is 0 Å². The van der Waals surface area contributed by atoms with E-state index in [1.807, 2.05) is 94.4 Å². The van der Waals surface area contributed by atoms with Crippen molar-refractivity contribution in [2.75, 3.05) is 39.1 Å². The van der Waals surface area contributed by atoms with Crippen LogP contribution in [-0.4, -0.2) is 84.3 Å². The molecule has 0 spiro atoms. The first-order valence-corrected chi connectivity index (χ1v) is 25.0. The van der Waals surface area contributed by atoms with E-state index in [1.165, 1.54) is 45.9 Å². The number of pyridine rings is 4. The third kappa shape index (κ3) is 12.8. The Bertz CT molecular complexity index is 3250. The van der Waals surface area contributed by atoms with Crippen molar-refractivity contribution in [2.24, 2.45) is 0 Å². The maximum absolute atomic E-state index is 13.1. The molecule has 0 aliphatic heterocycles. The molecular formula is C64H58N6O10. The van der Waals surface area contributed by atoms with E-state index >= 15 is 0 Å². The van der Waals surface area contributed by atoms with E-state index in [4.69, 9.17) is 18.9 Å². The molecule has 4 aromatic carbocycles. The van der Waals surface area contributed by atoms with Gasteiger partial charge in [-0.25, -0.2) is 0 Å². The molecule has 0 saturated heterocycles. The van der Waals surface area contributed by atoms with Crippen LogP contribution in [0.5, 0.6) is 23.0 Å². The molecule has 16 heteroatoms. The van der Waals surface area contributed by atoms with Gasteiger partial charge in [0.15, 0.2) is 24.1 Å². The third-order valence-electron chi connectivity index (χ3n) is 13.5. The highest BCUT2D eigenvalue weighted by molar-refractivity contribution is 6.05. The van der Waals surface area contributed by atoms with E-state index in [1.54, 1.807) is 49.9 Å². The minimum Gasteiger partial charge on any atom is -0.496 e. The fraction of sp³-hybridized carbons (Fsp3) is 0.156. The average molecular weight is 1070 g/mol. The summed E-state index contributed by atoms with van der Waals surface area (Å²) >= 11 is 0. The maximum Gasteiger partial charge on any atom is 0.274 e. The number of ketones is 2. The van der Waals surface area contributed by atoms with Gasteiger partial charge >= 0.3 is 0 Å². The smallest absolute Gasteiger partial charge is 0.274 e. The van der Waals surface area contributed by atoms with E-state index in [0.717, 1.165) is 61.2 Å². The fourth-order valence-corrected chi connectivity index (χ4v) is 8.89. The van der Waals surface area contributed by atoms with Gasteiger partial charge in [0.25, 0.3) is 11.8 Å². The van der Waals surface area contributed by atoms with Crippen LogP contribution in [0.2, 0.25) is 0 Å². The Morgan fingerprint density at radius 3 is 1.07 bits per heavy atom. The summed E-state index contributed by atoms with van der Waals surface area (Å²) in [5.74, 6) is 0.505. The van der Waals surface area contributed by atoms with Crippen LogP contribution in [0.15, 0.2) is 135 Å². The lowest BCUT2D eigenvalue weighted by atomic mass is 9.91. The molecule has 8 rings (SSSR count). The highest BCUT2D eigenvalue weighted by atomic mass is 16.5. The standard InChI is InChI=1S/C33H31N3O4.C31H27N3O6/c1-7-22-18-34-28(16-31(22)39-5)30(37)15-24-11-9-12-25(20(24)3)26-13-10-14-27(21(26)4)36-33(38)29-17-32(40-6)23(8-2)19-35-29;1-18-20(11-28(37)26-12-29(39-3)21(16-35)14-32-26)7-5-8-23(18)24-9-6-10-25(19(24)2)34-31(38)27-13-30(40-4)22(17-36)15-33-27/h7-14,16-19H,1-2,15H2,3-6H3,(H,36,38);5-10,12-17H,11H2,1-4H3,(H,34,38). The number of nitrogens with one attached hydrogen (secondary N) is 2. The van der Waals surface area contributed by atoms with Crippen molar-refractivity contribution in [3.8, 4) is 45.3 Å². The number of hydrogen-bond acceptors (Lipinski definition) is 14. The normalized spacial score (nSPS) is 10.5. The lowest BCUT2D eigenvalue weighted by Crippen LogP contribution is -2.15. The second-order valence-electron chi connectivity index (χ2n) is 18.1. The maximum atomic E-state index is 13.1. The van der Waals surface area contributed by atoms with Crippen LogP contribution in [0.25, 0.3) is 34.4 Å². The molecule has 4 aromatic heterocycles.